The lowest BCUT2D eigenvalue weighted by molar-refractivity contribution is 0.102. The van der Waals surface area contributed by atoms with E-state index in [-0.39, 0.29) is 16.5 Å². The summed E-state index contributed by atoms with van der Waals surface area (Å²) in [7, 11) is -3.54. The Morgan fingerprint density at radius 1 is 1.17 bits per heavy atom. The van der Waals surface area contributed by atoms with Crippen molar-refractivity contribution in [2.75, 3.05) is 11.9 Å². The third kappa shape index (κ3) is 4.83. The van der Waals surface area contributed by atoms with Crippen molar-refractivity contribution in [1.82, 2.24) is 14.7 Å². The largest absolute Gasteiger partial charge is 0.321 e. The number of aromatic nitrogens is 2. The van der Waals surface area contributed by atoms with Gasteiger partial charge in [0.25, 0.3) is 5.91 Å². The van der Waals surface area contributed by atoms with E-state index < -0.39 is 15.9 Å². The van der Waals surface area contributed by atoms with Crippen LogP contribution in [0.5, 0.6) is 0 Å². The van der Waals surface area contributed by atoms with Crippen LogP contribution in [0.1, 0.15) is 24.3 Å². The van der Waals surface area contributed by atoms with Crippen molar-refractivity contribution in [3.8, 4) is 0 Å². The maximum atomic E-state index is 12.1. The molecule has 1 amide bonds. The van der Waals surface area contributed by atoms with Gasteiger partial charge >= 0.3 is 0 Å². The van der Waals surface area contributed by atoms with Gasteiger partial charge in [-0.3, -0.25) is 9.78 Å². The highest BCUT2D eigenvalue weighted by Gasteiger charge is 2.14. The van der Waals surface area contributed by atoms with Gasteiger partial charge in [-0.15, -0.1) is 0 Å². The SMILES string of the molecule is CC(C)CNS(=O)(=O)c1ccc(NC(=O)c2cnccn2)cc1. The van der Waals surface area contributed by atoms with E-state index in [9.17, 15) is 13.2 Å². The molecule has 0 saturated heterocycles. The second-order valence-corrected chi connectivity index (χ2v) is 7.08. The smallest absolute Gasteiger partial charge is 0.275 e. The lowest BCUT2D eigenvalue weighted by atomic mass is 10.2. The minimum atomic E-state index is -3.54. The number of hydrogen-bond acceptors (Lipinski definition) is 5. The number of carbonyl (C=O) groups excluding carboxylic acids is 1. The second kappa shape index (κ2) is 7.30. The van der Waals surface area contributed by atoms with Crippen molar-refractivity contribution in [3.63, 3.8) is 0 Å². The monoisotopic (exact) mass is 334 g/mol. The van der Waals surface area contributed by atoms with Crippen molar-refractivity contribution >= 4 is 21.6 Å². The van der Waals surface area contributed by atoms with E-state index >= 15 is 0 Å². The van der Waals surface area contributed by atoms with Crippen molar-refractivity contribution in [2.45, 2.75) is 18.7 Å². The molecule has 1 heterocycles. The van der Waals surface area contributed by atoms with Crippen LogP contribution in [0.4, 0.5) is 5.69 Å². The topological polar surface area (TPSA) is 101 Å². The molecule has 2 rings (SSSR count). The van der Waals surface area contributed by atoms with Crippen molar-refractivity contribution in [3.05, 3.63) is 48.5 Å². The molecule has 0 bridgehead atoms. The molecule has 0 aliphatic rings. The quantitative estimate of drug-likeness (QED) is 0.837. The number of carbonyl (C=O) groups is 1. The number of sulfonamides is 1. The number of nitrogens with zero attached hydrogens (tertiary/aromatic N) is 2. The van der Waals surface area contributed by atoms with E-state index in [1.807, 2.05) is 13.8 Å². The Hall–Kier alpha value is -2.32. The Morgan fingerprint density at radius 3 is 2.43 bits per heavy atom. The molecule has 1 aromatic heterocycles. The van der Waals surface area contributed by atoms with Crippen LogP contribution < -0.4 is 10.0 Å². The first kappa shape index (κ1) is 17.0. The number of hydrogen-bond donors (Lipinski definition) is 2. The minimum Gasteiger partial charge on any atom is -0.321 e. The van der Waals surface area contributed by atoms with Crippen LogP contribution in [0.3, 0.4) is 0 Å². The fraction of sp³-hybridized carbons (Fsp3) is 0.267. The van der Waals surface area contributed by atoms with E-state index in [0.29, 0.717) is 12.2 Å². The fourth-order valence-electron chi connectivity index (χ4n) is 1.69. The normalized spacial score (nSPS) is 11.4. The molecule has 0 atom stereocenters. The molecule has 0 aliphatic carbocycles. The minimum absolute atomic E-state index is 0.149. The maximum Gasteiger partial charge on any atom is 0.275 e. The number of benzene rings is 1. The number of nitrogens with one attached hydrogen (secondary N) is 2. The number of amides is 1. The fourth-order valence-corrected chi connectivity index (χ4v) is 2.90. The molecule has 1 aromatic carbocycles. The highest BCUT2D eigenvalue weighted by molar-refractivity contribution is 7.89. The summed E-state index contributed by atoms with van der Waals surface area (Å²) in [5, 5.41) is 2.63. The molecule has 0 fully saturated rings. The van der Waals surface area contributed by atoms with E-state index in [1.165, 1.54) is 42.9 Å². The molecule has 0 spiro atoms. The lowest BCUT2D eigenvalue weighted by Gasteiger charge is -2.10. The molecule has 2 N–H and O–H groups in total. The second-order valence-electron chi connectivity index (χ2n) is 5.31. The van der Waals surface area contributed by atoms with Gasteiger partial charge in [-0.2, -0.15) is 0 Å². The molecule has 0 unspecified atom stereocenters. The number of rotatable bonds is 6. The van der Waals surface area contributed by atoms with Gasteiger partial charge in [-0.1, -0.05) is 13.8 Å². The first-order valence-electron chi connectivity index (χ1n) is 7.05. The van der Waals surface area contributed by atoms with Crippen LogP contribution in [0, 0.1) is 5.92 Å². The summed E-state index contributed by atoms with van der Waals surface area (Å²) >= 11 is 0. The van der Waals surface area contributed by atoms with Gasteiger partial charge in [0.05, 0.1) is 11.1 Å². The van der Waals surface area contributed by atoms with Crippen molar-refractivity contribution in [1.29, 1.82) is 0 Å². The summed E-state index contributed by atoms with van der Waals surface area (Å²) in [6, 6.07) is 5.93. The zero-order chi connectivity index (χ0) is 16.9. The van der Waals surface area contributed by atoms with Crippen LogP contribution in [-0.4, -0.2) is 30.8 Å². The van der Waals surface area contributed by atoms with Gasteiger partial charge in [-0.25, -0.2) is 18.1 Å². The summed E-state index contributed by atoms with van der Waals surface area (Å²) < 4.78 is 26.7. The van der Waals surface area contributed by atoms with Gasteiger partial charge in [0.1, 0.15) is 5.69 Å². The molecule has 0 aliphatic heterocycles. The van der Waals surface area contributed by atoms with Gasteiger partial charge in [0.2, 0.25) is 10.0 Å². The lowest BCUT2D eigenvalue weighted by Crippen LogP contribution is -2.27. The number of anilines is 1. The van der Waals surface area contributed by atoms with Gasteiger partial charge < -0.3 is 5.32 Å². The molecule has 7 nitrogen and oxygen atoms in total. The molecule has 8 heteroatoms. The Morgan fingerprint density at radius 2 is 1.87 bits per heavy atom. The summed E-state index contributed by atoms with van der Waals surface area (Å²) in [4.78, 5) is 19.8. The highest BCUT2D eigenvalue weighted by atomic mass is 32.2. The molecule has 0 radical (unpaired) electrons. The van der Waals surface area contributed by atoms with Crippen LogP contribution >= 0.6 is 0 Å². The van der Waals surface area contributed by atoms with Gasteiger partial charge in [0.15, 0.2) is 0 Å². The molecule has 2 aromatic rings. The third-order valence-electron chi connectivity index (χ3n) is 2.90. The van der Waals surface area contributed by atoms with Gasteiger partial charge in [-0.05, 0) is 30.2 Å². The van der Waals surface area contributed by atoms with E-state index in [0.717, 1.165) is 0 Å². The van der Waals surface area contributed by atoms with Crippen molar-refractivity contribution in [2.24, 2.45) is 5.92 Å². The van der Waals surface area contributed by atoms with Crippen molar-refractivity contribution < 1.29 is 13.2 Å². The highest BCUT2D eigenvalue weighted by Crippen LogP contribution is 2.14. The predicted molar refractivity (Wildman–Crippen MR) is 86.5 cm³/mol. The average molecular weight is 334 g/mol. The molecule has 0 saturated carbocycles. The van der Waals surface area contributed by atoms with Gasteiger partial charge in [0, 0.05) is 24.6 Å². The summed E-state index contributed by atoms with van der Waals surface area (Å²) in [5.41, 5.74) is 0.659. The Balaban J connectivity index is 2.06. The Bertz CT molecular complexity index is 759. The average Bonchev–Trinajstić information content (AvgIpc) is 2.54. The molecular weight excluding hydrogens is 316 g/mol. The van der Waals surface area contributed by atoms with E-state index in [2.05, 4.69) is 20.0 Å². The third-order valence-corrected chi connectivity index (χ3v) is 4.34. The summed E-state index contributed by atoms with van der Waals surface area (Å²) in [6.45, 7) is 4.22. The van der Waals surface area contributed by atoms with Crippen LogP contribution in [0.15, 0.2) is 47.8 Å². The Labute approximate surface area is 135 Å². The molecule has 122 valence electrons. The first-order valence-corrected chi connectivity index (χ1v) is 8.54. The van der Waals surface area contributed by atoms with Crippen LogP contribution in [0.25, 0.3) is 0 Å². The maximum absolute atomic E-state index is 12.1. The first-order chi connectivity index (χ1) is 10.9. The summed E-state index contributed by atoms with van der Waals surface area (Å²) in [6.07, 6.45) is 4.25. The zero-order valence-electron chi connectivity index (χ0n) is 12.9. The zero-order valence-corrected chi connectivity index (χ0v) is 13.7. The van der Waals surface area contributed by atoms with Crippen LogP contribution in [-0.2, 0) is 10.0 Å². The predicted octanol–water partition coefficient (Wildman–Crippen LogP) is 1.66. The van der Waals surface area contributed by atoms with E-state index in [1.54, 1.807) is 0 Å². The standard InChI is InChI=1S/C15H18N4O3S/c1-11(2)9-18-23(21,22)13-5-3-12(4-6-13)19-15(20)14-10-16-7-8-17-14/h3-8,10-11,18H,9H2,1-2H3,(H,19,20). The molecule has 23 heavy (non-hydrogen) atoms. The van der Waals surface area contributed by atoms with E-state index in [4.69, 9.17) is 0 Å². The summed E-state index contributed by atoms with van der Waals surface area (Å²) in [5.74, 6) is -0.193. The van der Waals surface area contributed by atoms with Crippen LogP contribution in [0.2, 0.25) is 0 Å². The molecular formula is C15H18N4O3S. The Kier molecular flexibility index (Phi) is 5.41.